The number of rotatable bonds is 4. The number of carbonyl (C=O) groups excluding carboxylic acids is 1. The number of carbonyl (C=O) groups is 1. The average molecular weight is 446 g/mol. The molecule has 2 aromatic carbocycles. The van der Waals surface area contributed by atoms with Crippen LogP contribution in [-0.4, -0.2) is 51.3 Å². The Bertz CT molecular complexity index is 1160. The van der Waals surface area contributed by atoms with Gasteiger partial charge >= 0.3 is 0 Å². The average Bonchev–Trinajstić information content (AvgIpc) is 3.29. The first-order valence-electron chi connectivity index (χ1n) is 10.4. The summed E-state index contributed by atoms with van der Waals surface area (Å²) >= 11 is 6.21. The minimum Gasteiger partial charge on any atom is -0.393 e. The van der Waals surface area contributed by atoms with Gasteiger partial charge in [0.2, 0.25) is 0 Å². The van der Waals surface area contributed by atoms with E-state index in [9.17, 15) is 18.7 Å². The first kappa shape index (κ1) is 20.4. The zero-order valence-electron chi connectivity index (χ0n) is 16.8. The van der Waals surface area contributed by atoms with Crippen molar-refractivity contribution in [1.29, 1.82) is 0 Å². The largest absolute Gasteiger partial charge is 0.393 e. The predicted molar refractivity (Wildman–Crippen MR) is 114 cm³/mol. The Morgan fingerprint density at radius 1 is 1.29 bits per heavy atom. The maximum Gasteiger partial charge on any atom is 0.257 e. The van der Waals surface area contributed by atoms with Crippen molar-refractivity contribution in [3.8, 4) is 11.1 Å². The Kier molecular flexibility index (Phi) is 4.98. The zero-order valence-corrected chi connectivity index (χ0v) is 17.5. The molecule has 1 amide bonds. The van der Waals surface area contributed by atoms with Gasteiger partial charge in [-0.2, -0.15) is 5.10 Å². The van der Waals surface area contributed by atoms with E-state index in [2.05, 4.69) is 5.10 Å². The van der Waals surface area contributed by atoms with E-state index in [4.69, 9.17) is 11.6 Å². The van der Waals surface area contributed by atoms with E-state index >= 15 is 0 Å². The highest BCUT2D eigenvalue weighted by Crippen LogP contribution is 2.46. The van der Waals surface area contributed by atoms with E-state index < -0.39 is 13.0 Å². The van der Waals surface area contributed by atoms with Crippen LogP contribution in [-0.2, 0) is 6.54 Å². The van der Waals surface area contributed by atoms with E-state index in [1.807, 2.05) is 6.07 Å². The lowest BCUT2D eigenvalue weighted by Gasteiger charge is -2.48. The van der Waals surface area contributed by atoms with Crippen LogP contribution < -0.4 is 0 Å². The van der Waals surface area contributed by atoms with Crippen LogP contribution in [0.4, 0.5) is 8.78 Å². The molecule has 5 rings (SSSR count). The summed E-state index contributed by atoms with van der Waals surface area (Å²) in [4.78, 5) is 15.2. The highest BCUT2D eigenvalue weighted by Gasteiger charge is 2.49. The fourth-order valence-electron chi connectivity index (χ4n) is 5.10. The predicted octanol–water partition coefficient (Wildman–Crippen LogP) is 4.61. The van der Waals surface area contributed by atoms with Gasteiger partial charge in [0, 0.05) is 40.0 Å². The molecule has 1 saturated carbocycles. The van der Waals surface area contributed by atoms with Gasteiger partial charge in [0.15, 0.2) is 0 Å². The van der Waals surface area contributed by atoms with Crippen LogP contribution in [0, 0.1) is 5.41 Å². The lowest BCUT2D eigenvalue weighted by atomic mass is 9.77. The van der Waals surface area contributed by atoms with Crippen molar-refractivity contribution in [1.82, 2.24) is 14.7 Å². The number of benzene rings is 2. The first-order valence-corrected chi connectivity index (χ1v) is 10.7. The van der Waals surface area contributed by atoms with Crippen molar-refractivity contribution < 1.29 is 18.7 Å². The SMILES string of the molecule is O=C(c1ccc2c(cnn2CC(F)F)c1-c1cccc(Cl)c1)N1CC2(CCC(O)C2)C1. The number of likely N-dealkylation sites (tertiary alicyclic amines) is 1. The Hall–Kier alpha value is -2.51. The Morgan fingerprint density at radius 3 is 2.77 bits per heavy atom. The molecule has 1 atom stereocenters. The van der Waals surface area contributed by atoms with Gasteiger partial charge in [0.25, 0.3) is 12.3 Å². The molecule has 0 bridgehead atoms. The van der Waals surface area contributed by atoms with Crippen molar-refractivity contribution in [3.63, 3.8) is 0 Å². The van der Waals surface area contributed by atoms with Crippen molar-refractivity contribution in [2.45, 2.75) is 38.3 Å². The molecule has 2 aliphatic rings. The number of halogens is 3. The summed E-state index contributed by atoms with van der Waals surface area (Å²) in [6.45, 7) is 0.740. The molecule has 2 fully saturated rings. The second-order valence-corrected chi connectivity index (χ2v) is 9.14. The van der Waals surface area contributed by atoms with Crippen LogP contribution >= 0.6 is 11.6 Å². The fraction of sp³-hybridized carbons (Fsp3) is 0.391. The summed E-state index contributed by atoms with van der Waals surface area (Å²) in [5, 5.41) is 15.2. The summed E-state index contributed by atoms with van der Waals surface area (Å²) in [5.74, 6) is -0.106. The summed E-state index contributed by atoms with van der Waals surface area (Å²) in [5.41, 5.74) is 2.46. The molecule has 2 heterocycles. The van der Waals surface area contributed by atoms with Gasteiger partial charge in [0.05, 0.1) is 17.8 Å². The van der Waals surface area contributed by atoms with Crippen LogP contribution in [0.25, 0.3) is 22.0 Å². The lowest BCUT2D eigenvalue weighted by Crippen LogP contribution is -2.57. The molecule has 1 N–H and O–H groups in total. The molecule has 0 radical (unpaired) electrons. The lowest BCUT2D eigenvalue weighted by molar-refractivity contribution is 0.00248. The molecule has 5 nitrogen and oxygen atoms in total. The summed E-state index contributed by atoms with van der Waals surface area (Å²) in [6.07, 6.45) is 1.17. The van der Waals surface area contributed by atoms with E-state index in [0.717, 1.165) is 24.8 Å². The zero-order chi connectivity index (χ0) is 21.8. The molecule has 1 saturated heterocycles. The van der Waals surface area contributed by atoms with E-state index in [1.165, 1.54) is 10.9 Å². The van der Waals surface area contributed by atoms with E-state index in [-0.39, 0.29) is 17.4 Å². The number of hydrogen-bond acceptors (Lipinski definition) is 3. The van der Waals surface area contributed by atoms with Gasteiger partial charge in [0.1, 0.15) is 6.54 Å². The van der Waals surface area contributed by atoms with Gasteiger partial charge < -0.3 is 10.0 Å². The number of alkyl halides is 2. The van der Waals surface area contributed by atoms with Gasteiger partial charge in [-0.1, -0.05) is 23.7 Å². The van der Waals surface area contributed by atoms with Gasteiger partial charge in [-0.25, -0.2) is 8.78 Å². The quantitative estimate of drug-likeness (QED) is 0.638. The Morgan fingerprint density at radius 2 is 2.10 bits per heavy atom. The smallest absolute Gasteiger partial charge is 0.257 e. The third-order valence-corrected chi connectivity index (χ3v) is 6.73. The number of aliphatic hydroxyl groups is 1. The molecular formula is C23H22ClF2N3O2. The third kappa shape index (κ3) is 3.59. The normalized spacial score (nSPS) is 20.0. The van der Waals surface area contributed by atoms with Crippen molar-refractivity contribution in [3.05, 3.63) is 53.2 Å². The Balaban J connectivity index is 1.56. The van der Waals surface area contributed by atoms with Gasteiger partial charge in [-0.3, -0.25) is 9.48 Å². The molecule has 162 valence electrons. The molecule has 1 spiro atoms. The first-order chi connectivity index (χ1) is 14.8. The summed E-state index contributed by atoms with van der Waals surface area (Å²) < 4.78 is 27.2. The number of fused-ring (bicyclic) bond motifs is 1. The van der Waals surface area contributed by atoms with E-state index in [1.54, 1.807) is 35.2 Å². The monoisotopic (exact) mass is 445 g/mol. The topological polar surface area (TPSA) is 58.4 Å². The second-order valence-electron chi connectivity index (χ2n) is 8.71. The number of nitrogens with zero attached hydrogens (tertiary/aromatic N) is 3. The number of aromatic nitrogens is 2. The Labute approximate surface area is 183 Å². The van der Waals surface area contributed by atoms with Gasteiger partial charge in [-0.05, 0) is 49.1 Å². The molecule has 1 aliphatic heterocycles. The van der Waals surface area contributed by atoms with Crippen LogP contribution in [0.15, 0.2) is 42.6 Å². The minimum absolute atomic E-state index is 0.0253. The highest BCUT2D eigenvalue weighted by atomic mass is 35.5. The molecule has 1 unspecified atom stereocenters. The molecular weight excluding hydrogens is 424 g/mol. The summed E-state index contributed by atoms with van der Waals surface area (Å²) in [6, 6.07) is 10.5. The molecule has 8 heteroatoms. The molecule has 3 aromatic rings. The molecule has 31 heavy (non-hydrogen) atoms. The summed E-state index contributed by atoms with van der Waals surface area (Å²) in [7, 11) is 0. The van der Waals surface area contributed by atoms with Crippen LogP contribution in [0.3, 0.4) is 0 Å². The van der Waals surface area contributed by atoms with Crippen molar-refractivity contribution in [2.75, 3.05) is 13.1 Å². The van der Waals surface area contributed by atoms with E-state index in [0.29, 0.717) is 40.1 Å². The minimum atomic E-state index is -2.53. The molecule has 1 aliphatic carbocycles. The third-order valence-electron chi connectivity index (χ3n) is 6.50. The maximum absolute atomic E-state index is 13.4. The van der Waals surface area contributed by atoms with Crippen LogP contribution in [0.2, 0.25) is 5.02 Å². The maximum atomic E-state index is 13.4. The standard InChI is InChI=1S/C23H22ClF2N3O2/c24-15-3-1-2-14(8-15)21-17(4-5-19-18(21)10-27-29(19)11-20(25)26)22(31)28-12-23(13-28)7-6-16(30)9-23/h1-5,8,10,16,20,30H,6-7,9,11-13H2. The second kappa shape index (κ2) is 7.57. The molecule has 1 aromatic heterocycles. The van der Waals surface area contributed by atoms with Gasteiger partial charge in [-0.15, -0.1) is 0 Å². The van der Waals surface area contributed by atoms with Crippen molar-refractivity contribution >= 4 is 28.4 Å². The highest BCUT2D eigenvalue weighted by molar-refractivity contribution is 6.31. The van der Waals surface area contributed by atoms with Crippen LogP contribution in [0.5, 0.6) is 0 Å². The number of amides is 1. The number of aliphatic hydroxyl groups excluding tert-OH is 1. The van der Waals surface area contributed by atoms with Crippen molar-refractivity contribution in [2.24, 2.45) is 5.41 Å². The van der Waals surface area contributed by atoms with Crippen LogP contribution in [0.1, 0.15) is 29.6 Å². The fourth-order valence-corrected chi connectivity index (χ4v) is 5.30. The number of hydrogen-bond donors (Lipinski definition) is 1.